The SMILES string of the molecule is CN1CCCC[C@@H]1C(=O)NCCCCc1ccccn1. The van der Waals surface area contributed by atoms with Gasteiger partial charge in [-0.1, -0.05) is 12.5 Å². The number of likely N-dealkylation sites (tertiary alicyclic amines) is 1. The summed E-state index contributed by atoms with van der Waals surface area (Å²) < 4.78 is 0. The molecule has 0 unspecified atom stereocenters. The number of rotatable bonds is 6. The van der Waals surface area contributed by atoms with Crippen molar-refractivity contribution in [2.75, 3.05) is 20.1 Å². The summed E-state index contributed by atoms with van der Waals surface area (Å²) in [5, 5.41) is 3.07. The fourth-order valence-electron chi connectivity index (χ4n) is 2.71. The van der Waals surface area contributed by atoms with E-state index in [1.807, 2.05) is 25.4 Å². The lowest BCUT2D eigenvalue weighted by atomic mass is 10.0. The van der Waals surface area contributed by atoms with E-state index >= 15 is 0 Å². The van der Waals surface area contributed by atoms with Gasteiger partial charge < -0.3 is 5.32 Å². The Bertz CT molecular complexity index is 407. The van der Waals surface area contributed by atoms with Crippen LogP contribution in [0.25, 0.3) is 0 Å². The number of nitrogens with zero attached hydrogens (tertiary/aromatic N) is 2. The molecule has 0 aliphatic carbocycles. The van der Waals surface area contributed by atoms with Crippen molar-refractivity contribution in [1.29, 1.82) is 0 Å². The fourth-order valence-corrected chi connectivity index (χ4v) is 2.71. The van der Waals surface area contributed by atoms with Crippen molar-refractivity contribution in [1.82, 2.24) is 15.2 Å². The standard InChI is InChI=1S/C16H25N3O/c1-19-13-7-4-10-15(19)16(20)18-12-6-3-9-14-8-2-5-11-17-14/h2,5,8,11,15H,3-4,6-7,9-10,12-13H2,1H3,(H,18,20)/t15-/m1/s1. The van der Waals surface area contributed by atoms with E-state index < -0.39 is 0 Å². The Balaban J connectivity index is 1.59. The van der Waals surface area contributed by atoms with Gasteiger partial charge in [-0.3, -0.25) is 14.7 Å². The van der Waals surface area contributed by atoms with Gasteiger partial charge in [0.25, 0.3) is 0 Å². The molecule has 1 atom stereocenters. The number of nitrogens with one attached hydrogen (secondary N) is 1. The third-order valence-electron chi connectivity index (χ3n) is 3.96. The van der Waals surface area contributed by atoms with Crippen LogP contribution in [0, 0.1) is 0 Å². The Labute approximate surface area is 121 Å². The van der Waals surface area contributed by atoms with Crippen LogP contribution >= 0.6 is 0 Å². The van der Waals surface area contributed by atoms with Crippen LogP contribution in [0.4, 0.5) is 0 Å². The van der Waals surface area contributed by atoms with Crippen molar-refractivity contribution >= 4 is 5.91 Å². The quantitative estimate of drug-likeness (QED) is 0.808. The zero-order valence-electron chi connectivity index (χ0n) is 12.3. The Hall–Kier alpha value is -1.42. The van der Waals surface area contributed by atoms with Gasteiger partial charge in [0.2, 0.25) is 5.91 Å². The molecule has 2 heterocycles. The summed E-state index contributed by atoms with van der Waals surface area (Å²) in [6.07, 6.45) is 8.27. The highest BCUT2D eigenvalue weighted by atomic mass is 16.2. The first-order valence-corrected chi connectivity index (χ1v) is 7.65. The van der Waals surface area contributed by atoms with Crippen LogP contribution in [0.3, 0.4) is 0 Å². The molecule has 4 heteroatoms. The predicted octanol–water partition coefficient (Wildman–Crippen LogP) is 2.00. The fraction of sp³-hybridized carbons (Fsp3) is 0.625. The minimum atomic E-state index is 0.0829. The first-order valence-electron chi connectivity index (χ1n) is 7.65. The third kappa shape index (κ3) is 4.60. The summed E-state index contributed by atoms with van der Waals surface area (Å²) in [7, 11) is 2.05. The first kappa shape index (κ1) is 15.0. The molecule has 1 saturated heterocycles. The van der Waals surface area contributed by atoms with E-state index in [1.54, 1.807) is 0 Å². The molecule has 4 nitrogen and oxygen atoms in total. The maximum absolute atomic E-state index is 12.1. The number of hydrogen-bond acceptors (Lipinski definition) is 3. The number of hydrogen-bond donors (Lipinski definition) is 1. The van der Waals surface area contributed by atoms with Gasteiger partial charge >= 0.3 is 0 Å². The maximum Gasteiger partial charge on any atom is 0.237 e. The Morgan fingerprint density at radius 2 is 2.30 bits per heavy atom. The van der Waals surface area contributed by atoms with Crippen LogP contribution in [0.1, 0.15) is 37.8 Å². The molecule has 1 amide bonds. The van der Waals surface area contributed by atoms with E-state index in [4.69, 9.17) is 0 Å². The van der Waals surface area contributed by atoms with E-state index in [1.165, 1.54) is 12.8 Å². The molecule has 0 radical (unpaired) electrons. The van der Waals surface area contributed by atoms with E-state index in [0.29, 0.717) is 0 Å². The summed E-state index contributed by atoms with van der Waals surface area (Å²) >= 11 is 0. The van der Waals surface area contributed by atoms with Crippen molar-refractivity contribution in [2.24, 2.45) is 0 Å². The monoisotopic (exact) mass is 275 g/mol. The van der Waals surface area contributed by atoms with Crippen molar-refractivity contribution < 1.29 is 4.79 Å². The van der Waals surface area contributed by atoms with E-state index in [0.717, 1.165) is 44.5 Å². The number of likely N-dealkylation sites (N-methyl/N-ethyl adjacent to an activating group) is 1. The second-order valence-corrected chi connectivity index (χ2v) is 5.56. The van der Waals surface area contributed by atoms with Gasteiger partial charge in [-0.2, -0.15) is 0 Å². The van der Waals surface area contributed by atoms with E-state index in [9.17, 15) is 4.79 Å². The molecule has 1 aliphatic heterocycles. The molecule has 1 fully saturated rings. The molecular weight excluding hydrogens is 250 g/mol. The van der Waals surface area contributed by atoms with Crippen molar-refractivity contribution in [3.63, 3.8) is 0 Å². The van der Waals surface area contributed by atoms with Gasteiger partial charge in [0.1, 0.15) is 0 Å². The molecule has 110 valence electrons. The smallest absolute Gasteiger partial charge is 0.237 e. The molecule has 0 bridgehead atoms. The average molecular weight is 275 g/mol. The number of carbonyl (C=O) groups is 1. The predicted molar refractivity (Wildman–Crippen MR) is 80.5 cm³/mol. The minimum absolute atomic E-state index is 0.0829. The normalized spacial score (nSPS) is 19.8. The Morgan fingerprint density at radius 1 is 1.40 bits per heavy atom. The van der Waals surface area contributed by atoms with E-state index in [-0.39, 0.29) is 11.9 Å². The largest absolute Gasteiger partial charge is 0.355 e. The highest BCUT2D eigenvalue weighted by molar-refractivity contribution is 5.81. The Morgan fingerprint density at radius 3 is 3.05 bits per heavy atom. The molecule has 2 rings (SSSR count). The molecule has 0 spiro atoms. The van der Waals surface area contributed by atoms with Gasteiger partial charge in [0.15, 0.2) is 0 Å². The van der Waals surface area contributed by atoms with Crippen LogP contribution in [-0.4, -0.2) is 42.0 Å². The minimum Gasteiger partial charge on any atom is -0.355 e. The number of amides is 1. The molecule has 1 aliphatic rings. The van der Waals surface area contributed by atoms with E-state index in [2.05, 4.69) is 21.3 Å². The zero-order chi connectivity index (χ0) is 14.2. The maximum atomic E-state index is 12.1. The molecule has 1 N–H and O–H groups in total. The number of aromatic nitrogens is 1. The topological polar surface area (TPSA) is 45.2 Å². The first-order chi connectivity index (χ1) is 9.77. The van der Waals surface area contributed by atoms with Crippen molar-refractivity contribution in [3.05, 3.63) is 30.1 Å². The summed E-state index contributed by atoms with van der Waals surface area (Å²) in [6.45, 7) is 1.81. The molecule has 20 heavy (non-hydrogen) atoms. The Kier molecular flexibility index (Phi) is 5.99. The number of unbranched alkanes of at least 4 members (excludes halogenated alkanes) is 1. The van der Waals surface area contributed by atoms with Gasteiger partial charge in [0.05, 0.1) is 6.04 Å². The lowest BCUT2D eigenvalue weighted by molar-refractivity contribution is -0.127. The summed E-state index contributed by atoms with van der Waals surface area (Å²) in [6, 6.07) is 6.09. The molecule has 1 aromatic rings. The lowest BCUT2D eigenvalue weighted by Gasteiger charge is -2.31. The zero-order valence-corrected chi connectivity index (χ0v) is 12.3. The van der Waals surface area contributed by atoms with Crippen LogP contribution in [-0.2, 0) is 11.2 Å². The number of carbonyl (C=O) groups excluding carboxylic acids is 1. The van der Waals surface area contributed by atoms with Crippen LogP contribution < -0.4 is 5.32 Å². The van der Waals surface area contributed by atoms with Crippen LogP contribution in [0.5, 0.6) is 0 Å². The molecule has 0 saturated carbocycles. The second kappa shape index (κ2) is 8.00. The highest BCUT2D eigenvalue weighted by Crippen LogP contribution is 2.14. The summed E-state index contributed by atoms with van der Waals surface area (Å²) in [5.74, 6) is 0.199. The lowest BCUT2D eigenvalue weighted by Crippen LogP contribution is -2.47. The summed E-state index contributed by atoms with van der Waals surface area (Å²) in [4.78, 5) is 18.6. The van der Waals surface area contributed by atoms with Crippen LogP contribution in [0.2, 0.25) is 0 Å². The van der Waals surface area contributed by atoms with Gasteiger partial charge in [-0.15, -0.1) is 0 Å². The molecule has 1 aromatic heterocycles. The van der Waals surface area contributed by atoms with Gasteiger partial charge in [-0.25, -0.2) is 0 Å². The van der Waals surface area contributed by atoms with Gasteiger partial charge in [-0.05, 0) is 57.8 Å². The van der Waals surface area contributed by atoms with Crippen LogP contribution in [0.15, 0.2) is 24.4 Å². The molecule has 0 aromatic carbocycles. The molecular formula is C16H25N3O. The number of pyridine rings is 1. The van der Waals surface area contributed by atoms with Crippen molar-refractivity contribution in [3.8, 4) is 0 Å². The van der Waals surface area contributed by atoms with Gasteiger partial charge in [0, 0.05) is 18.4 Å². The summed E-state index contributed by atoms with van der Waals surface area (Å²) in [5.41, 5.74) is 1.13. The third-order valence-corrected chi connectivity index (χ3v) is 3.96. The van der Waals surface area contributed by atoms with Crippen molar-refractivity contribution in [2.45, 2.75) is 44.6 Å². The number of piperidine rings is 1. The highest BCUT2D eigenvalue weighted by Gasteiger charge is 2.25. The second-order valence-electron chi connectivity index (χ2n) is 5.56. The number of aryl methyl sites for hydroxylation is 1. The average Bonchev–Trinajstić information content (AvgIpc) is 2.48.